The highest BCUT2D eigenvalue weighted by Gasteiger charge is 2.28. The molecule has 0 saturated carbocycles. The molecular formula is C19H21BrN2O3S. The van der Waals surface area contributed by atoms with E-state index in [0.717, 1.165) is 16.5 Å². The Balaban J connectivity index is 1.79. The number of carbonyl (C=O) groups excluding carboxylic acids is 1. The van der Waals surface area contributed by atoms with Crippen molar-refractivity contribution in [2.45, 2.75) is 25.8 Å². The molecular weight excluding hydrogens is 416 g/mol. The Morgan fingerprint density at radius 3 is 2.58 bits per heavy atom. The van der Waals surface area contributed by atoms with Gasteiger partial charge in [-0.1, -0.05) is 41.1 Å². The number of nitrogens with zero attached hydrogens (tertiary/aromatic N) is 1. The van der Waals surface area contributed by atoms with E-state index in [1.807, 2.05) is 31.2 Å². The second-order valence-corrected chi connectivity index (χ2v) is 9.21. The molecule has 138 valence electrons. The molecule has 1 aliphatic heterocycles. The highest BCUT2D eigenvalue weighted by Crippen LogP contribution is 2.25. The van der Waals surface area contributed by atoms with Crippen LogP contribution in [-0.4, -0.2) is 26.6 Å². The van der Waals surface area contributed by atoms with Gasteiger partial charge in [0.15, 0.2) is 0 Å². The molecule has 1 unspecified atom stereocenters. The van der Waals surface area contributed by atoms with E-state index in [-0.39, 0.29) is 17.7 Å². The Morgan fingerprint density at radius 2 is 1.96 bits per heavy atom. The minimum absolute atomic E-state index is 0.102. The van der Waals surface area contributed by atoms with Gasteiger partial charge < -0.3 is 5.32 Å². The third kappa shape index (κ3) is 4.10. The lowest BCUT2D eigenvalue weighted by Gasteiger charge is -2.20. The molecule has 1 N–H and O–H groups in total. The van der Waals surface area contributed by atoms with Crippen molar-refractivity contribution in [3.05, 3.63) is 64.1 Å². The minimum Gasteiger partial charge on any atom is -0.345 e. The average Bonchev–Trinajstić information content (AvgIpc) is 2.99. The largest absolute Gasteiger partial charge is 0.345 e. The number of carbonyl (C=O) groups is 1. The van der Waals surface area contributed by atoms with Crippen molar-refractivity contribution in [2.75, 3.05) is 16.6 Å². The van der Waals surface area contributed by atoms with Crippen LogP contribution in [-0.2, 0) is 10.0 Å². The lowest BCUT2D eigenvalue weighted by atomic mass is 10.0. The zero-order valence-electron chi connectivity index (χ0n) is 14.5. The summed E-state index contributed by atoms with van der Waals surface area (Å²) < 4.78 is 26.6. The molecule has 0 spiro atoms. The van der Waals surface area contributed by atoms with Gasteiger partial charge in [0.05, 0.1) is 17.5 Å². The number of anilines is 1. The Morgan fingerprint density at radius 1 is 1.23 bits per heavy atom. The topological polar surface area (TPSA) is 66.5 Å². The molecule has 0 aromatic heterocycles. The zero-order valence-corrected chi connectivity index (χ0v) is 16.9. The highest BCUT2D eigenvalue weighted by molar-refractivity contribution is 9.10. The quantitative estimate of drug-likeness (QED) is 0.773. The van der Waals surface area contributed by atoms with Gasteiger partial charge in [-0.15, -0.1) is 0 Å². The van der Waals surface area contributed by atoms with Crippen LogP contribution in [0.15, 0.2) is 53.0 Å². The van der Waals surface area contributed by atoms with E-state index in [1.165, 1.54) is 4.31 Å². The van der Waals surface area contributed by atoms with Crippen molar-refractivity contribution < 1.29 is 13.2 Å². The van der Waals surface area contributed by atoms with Crippen molar-refractivity contribution in [1.29, 1.82) is 0 Å². The predicted molar refractivity (Wildman–Crippen MR) is 107 cm³/mol. The van der Waals surface area contributed by atoms with Crippen molar-refractivity contribution >= 4 is 37.5 Å². The van der Waals surface area contributed by atoms with Crippen molar-refractivity contribution in [2.24, 2.45) is 0 Å². The van der Waals surface area contributed by atoms with E-state index in [2.05, 4.69) is 21.2 Å². The van der Waals surface area contributed by atoms with E-state index in [1.54, 1.807) is 24.3 Å². The van der Waals surface area contributed by atoms with Gasteiger partial charge in [0.1, 0.15) is 0 Å². The van der Waals surface area contributed by atoms with Gasteiger partial charge in [0, 0.05) is 16.6 Å². The van der Waals surface area contributed by atoms with Crippen LogP contribution in [0, 0.1) is 0 Å². The fraction of sp³-hybridized carbons (Fsp3) is 0.316. The second kappa shape index (κ2) is 7.80. The molecule has 1 heterocycles. The normalized spacial score (nSPS) is 17.1. The monoisotopic (exact) mass is 436 g/mol. The Bertz CT molecular complexity index is 897. The number of benzene rings is 2. The van der Waals surface area contributed by atoms with Crippen LogP contribution in [0.3, 0.4) is 0 Å². The van der Waals surface area contributed by atoms with Gasteiger partial charge in [-0.05, 0) is 48.7 Å². The number of halogens is 1. The maximum Gasteiger partial charge on any atom is 0.251 e. The number of amides is 1. The van der Waals surface area contributed by atoms with E-state index >= 15 is 0 Å². The number of hydrogen-bond donors (Lipinski definition) is 1. The van der Waals surface area contributed by atoms with Crippen LogP contribution in [0.1, 0.15) is 41.7 Å². The van der Waals surface area contributed by atoms with Gasteiger partial charge in [0.2, 0.25) is 10.0 Å². The molecule has 7 heteroatoms. The van der Waals surface area contributed by atoms with E-state index in [0.29, 0.717) is 24.2 Å². The third-order valence-corrected chi connectivity index (χ3v) is 6.88. The minimum atomic E-state index is -3.26. The lowest BCUT2D eigenvalue weighted by molar-refractivity contribution is 0.0935. The Hall–Kier alpha value is -1.86. The summed E-state index contributed by atoms with van der Waals surface area (Å²) in [6.07, 6.45) is 1.37. The highest BCUT2D eigenvalue weighted by atomic mass is 79.9. The lowest BCUT2D eigenvalue weighted by Crippen LogP contribution is -2.29. The molecule has 5 nitrogen and oxygen atoms in total. The molecule has 0 radical (unpaired) electrons. The van der Waals surface area contributed by atoms with Gasteiger partial charge in [-0.2, -0.15) is 0 Å². The maximum atomic E-state index is 12.7. The summed E-state index contributed by atoms with van der Waals surface area (Å²) in [4.78, 5) is 12.7. The first kappa shape index (κ1) is 18.9. The maximum absolute atomic E-state index is 12.7. The van der Waals surface area contributed by atoms with Crippen molar-refractivity contribution in [3.8, 4) is 0 Å². The summed E-state index contributed by atoms with van der Waals surface area (Å²) in [6, 6.07) is 14.5. The van der Waals surface area contributed by atoms with Gasteiger partial charge in [-0.25, -0.2) is 8.42 Å². The third-order valence-electron chi connectivity index (χ3n) is 4.48. The first-order valence-corrected chi connectivity index (χ1v) is 11.0. The number of sulfonamides is 1. The van der Waals surface area contributed by atoms with E-state index in [9.17, 15) is 13.2 Å². The Labute approximate surface area is 162 Å². The van der Waals surface area contributed by atoms with Crippen LogP contribution in [0.2, 0.25) is 0 Å². The van der Waals surface area contributed by atoms with Crippen LogP contribution < -0.4 is 9.62 Å². The molecule has 1 aliphatic rings. The first-order valence-electron chi connectivity index (χ1n) is 8.57. The van der Waals surface area contributed by atoms with Crippen LogP contribution in [0.5, 0.6) is 0 Å². The predicted octanol–water partition coefficient (Wildman–Crippen LogP) is 3.87. The number of hydrogen-bond acceptors (Lipinski definition) is 3. The zero-order chi connectivity index (χ0) is 18.7. The molecule has 1 fully saturated rings. The summed E-state index contributed by atoms with van der Waals surface area (Å²) in [7, 11) is -3.26. The van der Waals surface area contributed by atoms with E-state index < -0.39 is 10.0 Å². The van der Waals surface area contributed by atoms with Crippen molar-refractivity contribution in [1.82, 2.24) is 5.32 Å². The molecule has 1 saturated heterocycles. The van der Waals surface area contributed by atoms with Crippen molar-refractivity contribution in [3.63, 3.8) is 0 Å². The molecule has 1 atom stereocenters. The summed E-state index contributed by atoms with van der Waals surface area (Å²) in [5.74, 6) is -0.0523. The molecule has 1 amide bonds. The average molecular weight is 437 g/mol. The van der Waals surface area contributed by atoms with Gasteiger partial charge in [0.25, 0.3) is 5.91 Å². The number of rotatable bonds is 5. The summed E-state index contributed by atoms with van der Waals surface area (Å²) in [5.41, 5.74) is 2.04. The standard InChI is InChI=1S/C19H21BrN2O3S/c1-2-18(14-7-9-16(20)10-8-14)21-19(23)15-5-3-6-17(13-15)22-11-4-12-26(22,24)25/h3,5-10,13,18H,2,4,11-12H2,1H3,(H,21,23). The summed E-state index contributed by atoms with van der Waals surface area (Å²) >= 11 is 3.41. The SMILES string of the molecule is CCC(NC(=O)c1cccc(N2CCCS2(=O)=O)c1)c1ccc(Br)cc1. The molecule has 26 heavy (non-hydrogen) atoms. The fourth-order valence-corrected chi connectivity index (χ4v) is 4.91. The van der Waals surface area contributed by atoms with Gasteiger partial charge in [-0.3, -0.25) is 9.10 Å². The number of nitrogens with one attached hydrogen (secondary N) is 1. The summed E-state index contributed by atoms with van der Waals surface area (Å²) in [6.45, 7) is 2.48. The molecule has 0 bridgehead atoms. The van der Waals surface area contributed by atoms with Crippen LogP contribution >= 0.6 is 15.9 Å². The molecule has 2 aromatic carbocycles. The van der Waals surface area contributed by atoms with E-state index in [4.69, 9.17) is 0 Å². The molecule has 3 rings (SSSR count). The van der Waals surface area contributed by atoms with Gasteiger partial charge >= 0.3 is 0 Å². The Kier molecular flexibility index (Phi) is 5.67. The van der Waals surface area contributed by atoms with Crippen LogP contribution in [0.25, 0.3) is 0 Å². The van der Waals surface area contributed by atoms with Crippen LogP contribution in [0.4, 0.5) is 5.69 Å². The molecule has 2 aromatic rings. The second-order valence-electron chi connectivity index (χ2n) is 6.28. The fourth-order valence-electron chi connectivity index (χ4n) is 3.09. The smallest absolute Gasteiger partial charge is 0.251 e. The molecule has 0 aliphatic carbocycles. The first-order chi connectivity index (χ1) is 12.4. The summed E-state index contributed by atoms with van der Waals surface area (Å²) in [5, 5.41) is 3.04.